The van der Waals surface area contributed by atoms with Crippen molar-refractivity contribution in [2.75, 3.05) is 0 Å². The maximum atomic E-state index is 14.8. The Morgan fingerprint density at radius 3 is 2.33 bits per heavy atom. The van der Waals surface area contributed by atoms with E-state index < -0.39 is 56.6 Å². The minimum absolute atomic E-state index is 0.00102. The second-order valence-electron chi connectivity index (χ2n) is 8.13. The van der Waals surface area contributed by atoms with Gasteiger partial charge in [-0.05, 0) is 23.8 Å². The topological polar surface area (TPSA) is 86.2 Å². The summed E-state index contributed by atoms with van der Waals surface area (Å²) in [5, 5.41) is 7.12. The molecule has 0 radical (unpaired) electrons. The number of rotatable bonds is 6. The van der Waals surface area contributed by atoms with Crippen LogP contribution >= 0.6 is 0 Å². The van der Waals surface area contributed by atoms with Gasteiger partial charge in [-0.3, -0.25) is 4.68 Å². The van der Waals surface area contributed by atoms with Crippen molar-refractivity contribution in [1.29, 1.82) is 0 Å². The summed E-state index contributed by atoms with van der Waals surface area (Å²) >= 11 is 0. The highest BCUT2D eigenvalue weighted by atomic mass is 32.2. The summed E-state index contributed by atoms with van der Waals surface area (Å²) in [4.78, 5) is 1.76. The Morgan fingerprint density at radius 2 is 1.72 bits per heavy atom. The number of alkyl halides is 6. The number of aryl methyl sites for hydroxylation is 1. The van der Waals surface area contributed by atoms with Crippen LogP contribution in [0.25, 0.3) is 21.7 Å². The summed E-state index contributed by atoms with van der Waals surface area (Å²) in [6, 6.07) is 6.62. The first-order valence-corrected chi connectivity index (χ1v) is 12.1. The van der Waals surface area contributed by atoms with Crippen LogP contribution in [-0.2, 0) is 36.0 Å². The van der Waals surface area contributed by atoms with Crippen LogP contribution in [0.3, 0.4) is 0 Å². The normalized spacial score (nSPS) is 12.5. The lowest BCUT2D eigenvalue weighted by Crippen LogP contribution is -2.26. The van der Waals surface area contributed by atoms with E-state index in [2.05, 4.69) is 15.0 Å². The maximum Gasteiger partial charge on any atom is 0.436 e. The highest BCUT2D eigenvalue weighted by molar-refractivity contribution is 7.89. The molecule has 0 aliphatic carbocycles. The molecule has 16 heteroatoms. The van der Waals surface area contributed by atoms with E-state index in [9.17, 15) is 39.2 Å². The molecule has 4 aromatic rings. The lowest BCUT2D eigenvalue weighted by atomic mass is 10.1. The minimum atomic E-state index is -5.03. The molecule has 0 amide bonds. The maximum absolute atomic E-state index is 14.8. The van der Waals surface area contributed by atoms with Crippen molar-refractivity contribution >= 4 is 15.7 Å². The van der Waals surface area contributed by atoms with Gasteiger partial charge in [0, 0.05) is 37.1 Å². The third-order valence-corrected chi connectivity index (χ3v) is 6.85. The van der Waals surface area contributed by atoms with Gasteiger partial charge in [0.1, 0.15) is 10.7 Å². The average molecular weight is 572 g/mol. The van der Waals surface area contributed by atoms with Gasteiger partial charge in [-0.2, -0.15) is 36.5 Å². The molecule has 4 rings (SSSR count). The first-order valence-electron chi connectivity index (χ1n) is 10.6. The summed E-state index contributed by atoms with van der Waals surface area (Å²) < 4.78 is 123. The fourth-order valence-electron chi connectivity index (χ4n) is 3.58. The molecule has 0 unspecified atom stereocenters. The van der Waals surface area contributed by atoms with Crippen LogP contribution in [-0.4, -0.2) is 28.0 Å². The summed E-state index contributed by atoms with van der Waals surface area (Å²) in [6.45, 7) is 6.24. The van der Waals surface area contributed by atoms with Crippen LogP contribution in [0.1, 0.15) is 16.8 Å². The van der Waals surface area contributed by atoms with E-state index in [0.29, 0.717) is 16.4 Å². The van der Waals surface area contributed by atoms with Crippen molar-refractivity contribution in [3.05, 3.63) is 89.0 Å². The van der Waals surface area contributed by atoms with E-state index in [1.165, 1.54) is 30.6 Å². The van der Waals surface area contributed by atoms with E-state index in [1.54, 1.807) is 0 Å². The number of nitrogens with zero attached hydrogens (tertiary/aromatic N) is 5. The Balaban J connectivity index is 1.55. The molecular weight excluding hydrogens is 557 g/mol. The zero-order valence-corrected chi connectivity index (χ0v) is 20.3. The first kappa shape index (κ1) is 27.8. The van der Waals surface area contributed by atoms with Gasteiger partial charge in [0.2, 0.25) is 10.0 Å². The molecule has 39 heavy (non-hydrogen) atoms. The Bertz CT molecular complexity index is 1700. The van der Waals surface area contributed by atoms with Gasteiger partial charge in [0.05, 0.1) is 24.0 Å². The zero-order valence-electron chi connectivity index (χ0n) is 19.5. The number of aromatic nitrogens is 4. The predicted molar refractivity (Wildman–Crippen MR) is 122 cm³/mol. The van der Waals surface area contributed by atoms with Gasteiger partial charge in [0.15, 0.2) is 11.4 Å². The van der Waals surface area contributed by atoms with Gasteiger partial charge < -0.3 is 0 Å². The van der Waals surface area contributed by atoms with Crippen molar-refractivity contribution in [1.82, 2.24) is 24.3 Å². The van der Waals surface area contributed by atoms with Crippen LogP contribution in [0.5, 0.6) is 0 Å². The van der Waals surface area contributed by atoms with Gasteiger partial charge in [0.25, 0.3) is 0 Å². The van der Waals surface area contributed by atoms with Crippen molar-refractivity contribution in [3.63, 3.8) is 0 Å². The standard InChI is InChI=1S/C23H15F7N6O2S/c1-31-19-6-5-16(8-17(19)22(25,26)27)36-11-15(9-32-36)13-3-4-14(18(24)7-13)10-33-39(37,38)20-12-35(2)34-21(20)23(28,29)30/h3-9,11-12,33H,10H2,2H3. The number of nitrogens with one attached hydrogen (secondary N) is 1. The van der Waals surface area contributed by atoms with Gasteiger partial charge in [-0.25, -0.2) is 27.1 Å². The second kappa shape index (κ2) is 9.82. The van der Waals surface area contributed by atoms with Crippen LogP contribution in [0.2, 0.25) is 0 Å². The van der Waals surface area contributed by atoms with Crippen LogP contribution in [0.4, 0.5) is 36.4 Å². The molecule has 0 saturated carbocycles. The van der Waals surface area contributed by atoms with Crippen LogP contribution in [0, 0.1) is 12.4 Å². The Hall–Kier alpha value is -4.23. The lowest BCUT2D eigenvalue weighted by Gasteiger charge is -2.11. The summed E-state index contributed by atoms with van der Waals surface area (Å²) in [5.74, 6) is -0.897. The fraction of sp³-hybridized carbons (Fsp3) is 0.174. The third kappa shape index (κ3) is 5.78. The monoisotopic (exact) mass is 572 g/mol. The molecule has 2 heterocycles. The van der Waals surface area contributed by atoms with Gasteiger partial charge in [-0.15, -0.1) is 0 Å². The smallest absolute Gasteiger partial charge is 0.274 e. The van der Waals surface area contributed by atoms with Crippen molar-refractivity contribution < 1.29 is 39.2 Å². The van der Waals surface area contributed by atoms with Crippen LogP contribution in [0.15, 0.2) is 59.9 Å². The molecular formula is C23H15F7N6O2S. The van der Waals surface area contributed by atoms with E-state index in [-0.39, 0.29) is 16.8 Å². The molecule has 0 aliphatic heterocycles. The minimum Gasteiger partial charge on any atom is -0.274 e. The molecule has 0 bridgehead atoms. The molecule has 0 aliphatic rings. The summed E-state index contributed by atoms with van der Waals surface area (Å²) in [7, 11) is -3.59. The molecule has 204 valence electrons. The van der Waals surface area contributed by atoms with E-state index in [4.69, 9.17) is 6.57 Å². The summed E-state index contributed by atoms with van der Waals surface area (Å²) in [6.07, 6.45) is -6.54. The Labute approximate surface area is 216 Å². The Morgan fingerprint density at radius 1 is 1.00 bits per heavy atom. The fourth-order valence-corrected chi connectivity index (χ4v) is 4.79. The molecule has 1 N–H and O–H groups in total. The number of benzene rings is 2. The number of halogens is 7. The number of hydrogen-bond acceptors (Lipinski definition) is 4. The quantitative estimate of drug-likeness (QED) is 0.245. The molecule has 0 saturated heterocycles. The van der Waals surface area contributed by atoms with Gasteiger partial charge in [-0.1, -0.05) is 18.2 Å². The lowest BCUT2D eigenvalue weighted by molar-refractivity contribution is -0.143. The highest BCUT2D eigenvalue weighted by Gasteiger charge is 2.41. The van der Waals surface area contributed by atoms with Crippen LogP contribution < -0.4 is 4.72 Å². The molecule has 0 spiro atoms. The van der Waals surface area contributed by atoms with Crippen molar-refractivity contribution in [2.24, 2.45) is 7.05 Å². The first-order chi connectivity index (χ1) is 18.1. The molecule has 2 aromatic heterocycles. The SMILES string of the molecule is [C-]#[N+]c1ccc(-n2cc(-c3ccc(CNS(=O)(=O)c4cn(C)nc4C(F)(F)F)c(F)c3)cn2)cc1C(F)(F)F. The molecule has 8 nitrogen and oxygen atoms in total. The van der Waals surface area contributed by atoms with E-state index in [0.717, 1.165) is 29.9 Å². The molecule has 2 aromatic carbocycles. The zero-order chi connectivity index (χ0) is 28.8. The van der Waals surface area contributed by atoms with Crippen molar-refractivity contribution in [2.45, 2.75) is 23.8 Å². The Kier molecular flexibility index (Phi) is 7.00. The average Bonchev–Trinajstić information content (AvgIpc) is 3.50. The largest absolute Gasteiger partial charge is 0.436 e. The van der Waals surface area contributed by atoms with Gasteiger partial charge >= 0.3 is 12.4 Å². The van der Waals surface area contributed by atoms with E-state index >= 15 is 0 Å². The predicted octanol–water partition coefficient (Wildman–Crippen LogP) is 5.48. The number of hydrogen-bond donors (Lipinski definition) is 1. The second-order valence-corrected chi connectivity index (χ2v) is 9.86. The highest BCUT2D eigenvalue weighted by Crippen LogP contribution is 2.38. The third-order valence-electron chi connectivity index (χ3n) is 5.45. The molecule has 0 fully saturated rings. The number of sulfonamides is 1. The van der Waals surface area contributed by atoms with E-state index in [1.807, 2.05) is 4.72 Å². The molecule has 0 atom stereocenters. The summed E-state index contributed by atoms with van der Waals surface area (Å²) in [5.41, 5.74) is -2.97. The van der Waals surface area contributed by atoms with Crippen molar-refractivity contribution in [3.8, 4) is 16.8 Å².